The number of carbonyl (C=O) groups excluding carboxylic acids is 1. The predicted molar refractivity (Wildman–Crippen MR) is 92.7 cm³/mol. The van der Waals surface area contributed by atoms with Crippen molar-refractivity contribution in [3.8, 4) is 0 Å². The molecule has 2 aromatic heterocycles. The van der Waals surface area contributed by atoms with Crippen LogP contribution in [-0.2, 0) is 16.6 Å². The van der Waals surface area contributed by atoms with E-state index in [0.717, 1.165) is 23.2 Å². The van der Waals surface area contributed by atoms with Crippen molar-refractivity contribution in [1.82, 2.24) is 14.8 Å². The minimum atomic E-state index is -0.481. The first kappa shape index (κ1) is 15.6. The van der Waals surface area contributed by atoms with Crippen LogP contribution in [0.15, 0.2) is 67.1 Å². The minimum Gasteiger partial charge on any atom is -0.451 e. The molecule has 0 N–H and O–H groups in total. The van der Waals surface area contributed by atoms with Gasteiger partial charge in [0.15, 0.2) is 6.10 Å². The standard InChI is InChI=1S/C20H19N3O2/c1-23-13-15(12-22-23)16-11-17(16)20(24)25-19(14-7-3-2-4-8-14)18-9-5-6-10-21-18/h2-10,12-13,16-17,19H,11H2,1H3/t16-,17-,19+/m0/s1. The van der Waals surface area contributed by atoms with Crippen LogP contribution in [0.25, 0.3) is 0 Å². The van der Waals surface area contributed by atoms with Gasteiger partial charge in [0.25, 0.3) is 0 Å². The maximum atomic E-state index is 12.7. The van der Waals surface area contributed by atoms with E-state index in [1.165, 1.54) is 0 Å². The van der Waals surface area contributed by atoms with Crippen LogP contribution >= 0.6 is 0 Å². The molecule has 0 aliphatic heterocycles. The lowest BCUT2D eigenvalue weighted by molar-refractivity contribution is -0.149. The molecule has 0 spiro atoms. The number of ether oxygens (including phenoxy) is 1. The molecule has 0 amide bonds. The SMILES string of the molecule is Cn1cc([C@@H]2C[C@@H]2C(=O)O[C@H](c2ccccc2)c2ccccn2)cn1. The van der Waals surface area contributed by atoms with E-state index in [2.05, 4.69) is 10.1 Å². The molecule has 5 nitrogen and oxygen atoms in total. The Hall–Kier alpha value is -2.95. The summed E-state index contributed by atoms with van der Waals surface area (Å²) in [7, 11) is 1.88. The first-order chi connectivity index (χ1) is 12.2. The van der Waals surface area contributed by atoms with Crippen LogP contribution < -0.4 is 0 Å². The Morgan fingerprint density at radius 2 is 2.00 bits per heavy atom. The number of hydrogen-bond donors (Lipinski definition) is 0. The molecule has 1 saturated carbocycles. The Labute approximate surface area is 146 Å². The number of benzene rings is 1. The number of rotatable bonds is 5. The third-order valence-corrected chi connectivity index (χ3v) is 4.54. The fraction of sp³-hybridized carbons (Fsp3) is 0.250. The zero-order valence-corrected chi connectivity index (χ0v) is 13.9. The van der Waals surface area contributed by atoms with Crippen LogP contribution in [0.3, 0.4) is 0 Å². The highest BCUT2D eigenvalue weighted by molar-refractivity contribution is 5.77. The maximum absolute atomic E-state index is 12.7. The molecule has 5 heteroatoms. The molecule has 0 saturated heterocycles. The number of esters is 1. The average Bonchev–Trinajstić information content (AvgIpc) is 3.35. The number of aryl methyl sites for hydroxylation is 1. The Balaban J connectivity index is 1.52. The van der Waals surface area contributed by atoms with Gasteiger partial charge in [-0.25, -0.2) is 0 Å². The van der Waals surface area contributed by atoms with E-state index in [1.807, 2.05) is 68.0 Å². The lowest BCUT2D eigenvalue weighted by atomic mass is 10.1. The normalized spacial score (nSPS) is 20.0. The molecule has 3 atom stereocenters. The largest absolute Gasteiger partial charge is 0.451 e. The molecule has 126 valence electrons. The topological polar surface area (TPSA) is 57.0 Å². The van der Waals surface area contributed by atoms with Crippen LogP contribution in [0.1, 0.15) is 35.3 Å². The van der Waals surface area contributed by atoms with Crippen LogP contribution in [-0.4, -0.2) is 20.7 Å². The summed E-state index contributed by atoms with van der Waals surface area (Å²) in [5.74, 6) is -0.0613. The fourth-order valence-corrected chi connectivity index (χ4v) is 3.12. The van der Waals surface area contributed by atoms with E-state index >= 15 is 0 Å². The fourth-order valence-electron chi connectivity index (χ4n) is 3.12. The van der Waals surface area contributed by atoms with Gasteiger partial charge >= 0.3 is 5.97 Å². The number of hydrogen-bond acceptors (Lipinski definition) is 4. The van der Waals surface area contributed by atoms with Crippen LogP contribution in [0.4, 0.5) is 0 Å². The van der Waals surface area contributed by atoms with Gasteiger partial charge in [-0.1, -0.05) is 36.4 Å². The molecule has 1 aliphatic carbocycles. The van der Waals surface area contributed by atoms with Gasteiger partial charge in [0.1, 0.15) is 0 Å². The first-order valence-corrected chi connectivity index (χ1v) is 8.37. The molecule has 2 heterocycles. The van der Waals surface area contributed by atoms with Gasteiger partial charge in [-0.05, 0) is 29.7 Å². The summed E-state index contributed by atoms with van der Waals surface area (Å²) in [6, 6.07) is 15.4. The molecule has 0 unspecified atom stereocenters. The molecule has 0 radical (unpaired) electrons. The van der Waals surface area contributed by atoms with Crippen LogP contribution in [0, 0.1) is 5.92 Å². The summed E-state index contributed by atoms with van der Waals surface area (Å²) >= 11 is 0. The molecular formula is C20H19N3O2. The Kier molecular flexibility index (Phi) is 4.06. The second-order valence-corrected chi connectivity index (χ2v) is 6.38. The molecule has 4 rings (SSSR count). The van der Waals surface area contributed by atoms with Gasteiger partial charge < -0.3 is 4.74 Å². The molecule has 3 aromatic rings. The third-order valence-electron chi connectivity index (χ3n) is 4.54. The van der Waals surface area contributed by atoms with Gasteiger partial charge in [0, 0.05) is 25.4 Å². The lowest BCUT2D eigenvalue weighted by Gasteiger charge is -2.18. The molecular weight excluding hydrogens is 314 g/mol. The van der Waals surface area contributed by atoms with E-state index in [1.54, 1.807) is 10.9 Å². The molecule has 0 bridgehead atoms. The molecule has 1 aliphatic rings. The maximum Gasteiger partial charge on any atom is 0.310 e. The van der Waals surface area contributed by atoms with E-state index in [4.69, 9.17) is 4.74 Å². The van der Waals surface area contributed by atoms with E-state index in [9.17, 15) is 4.79 Å². The number of carbonyl (C=O) groups is 1. The molecule has 25 heavy (non-hydrogen) atoms. The summed E-state index contributed by atoms with van der Waals surface area (Å²) in [5.41, 5.74) is 2.76. The van der Waals surface area contributed by atoms with Gasteiger partial charge in [-0.2, -0.15) is 5.10 Å². The predicted octanol–water partition coefficient (Wildman–Crippen LogP) is 3.25. The van der Waals surface area contributed by atoms with Crippen molar-refractivity contribution in [2.24, 2.45) is 13.0 Å². The van der Waals surface area contributed by atoms with Crippen molar-refractivity contribution in [3.63, 3.8) is 0 Å². The monoisotopic (exact) mass is 333 g/mol. The molecule has 1 aromatic carbocycles. The van der Waals surface area contributed by atoms with Crippen molar-refractivity contribution in [2.75, 3.05) is 0 Å². The van der Waals surface area contributed by atoms with E-state index < -0.39 is 6.10 Å². The van der Waals surface area contributed by atoms with Crippen molar-refractivity contribution in [3.05, 3.63) is 83.9 Å². The average molecular weight is 333 g/mol. The van der Waals surface area contributed by atoms with Crippen molar-refractivity contribution in [1.29, 1.82) is 0 Å². The van der Waals surface area contributed by atoms with Gasteiger partial charge in [0.2, 0.25) is 0 Å². The quantitative estimate of drug-likeness (QED) is 0.673. The minimum absolute atomic E-state index is 0.0980. The second kappa shape index (κ2) is 6.51. The number of aromatic nitrogens is 3. The van der Waals surface area contributed by atoms with Gasteiger partial charge in [0.05, 0.1) is 17.8 Å². The lowest BCUT2D eigenvalue weighted by Crippen LogP contribution is -2.15. The summed E-state index contributed by atoms with van der Waals surface area (Å²) in [5, 5.41) is 4.18. The second-order valence-electron chi connectivity index (χ2n) is 6.38. The smallest absolute Gasteiger partial charge is 0.310 e. The number of nitrogens with zero attached hydrogens (tertiary/aromatic N) is 3. The highest BCUT2D eigenvalue weighted by Crippen LogP contribution is 2.48. The van der Waals surface area contributed by atoms with Crippen molar-refractivity contribution >= 4 is 5.97 Å². The first-order valence-electron chi connectivity index (χ1n) is 8.37. The van der Waals surface area contributed by atoms with Gasteiger partial charge in [-0.3, -0.25) is 14.5 Å². The summed E-state index contributed by atoms with van der Waals surface area (Å²) in [6.45, 7) is 0. The summed E-state index contributed by atoms with van der Waals surface area (Å²) in [6.07, 6.45) is 5.84. The number of pyridine rings is 1. The van der Waals surface area contributed by atoms with Crippen molar-refractivity contribution in [2.45, 2.75) is 18.4 Å². The zero-order chi connectivity index (χ0) is 17.2. The Morgan fingerprint density at radius 1 is 1.20 bits per heavy atom. The highest BCUT2D eigenvalue weighted by Gasteiger charge is 2.46. The van der Waals surface area contributed by atoms with E-state index in [0.29, 0.717) is 0 Å². The Morgan fingerprint density at radius 3 is 2.68 bits per heavy atom. The zero-order valence-electron chi connectivity index (χ0n) is 13.9. The van der Waals surface area contributed by atoms with Crippen LogP contribution in [0.2, 0.25) is 0 Å². The summed E-state index contributed by atoms with van der Waals surface area (Å²) < 4.78 is 7.64. The third kappa shape index (κ3) is 3.31. The summed E-state index contributed by atoms with van der Waals surface area (Å²) in [4.78, 5) is 17.1. The Bertz CT molecular complexity index is 821. The van der Waals surface area contributed by atoms with Crippen LogP contribution in [0.5, 0.6) is 0 Å². The van der Waals surface area contributed by atoms with Crippen molar-refractivity contribution < 1.29 is 9.53 Å². The molecule has 1 fully saturated rings. The van der Waals surface area contributed by atoms with Gasteiger partial charge in [-0.15, -0.1) is 0 Å². The van der Waals surface area contributed by atoms with E-state index in [-0.39, 0.29) is 17.8 Å². The highest BCUT2D eigenvalue weighted by atomic mass is 16.5.